The van der Waals surface area contributed by atoms with Gasteiger partial charge in [-0.2, -0.15) is 0 Å². The molecule has 5 heteroatoms. The highest BCUT2D eigenvalue weighted by atomic mass is 19.1. The standard InChI is InChI=1S/C22H24FNO3/c1-2-13-24(15-18-6-3-4-8-21(18)23)22(25)17-9-11-19(12-10-17)27-16-20-7-5-14-26-20/h2-4,6,8-12,20H,1,5,7,13-16H2. The van der Waals surface area contributed by atoms with Crippen LogP contribution < -0.4 is 4.74 Å². The summed E-state index contributed by atoms with van der Waals surface area (Å²) in [6, 6.07) is 13.5. The predicted molar refractivity (Wildman–Crippen MR) is 102 cm³/mol. The predicted octanol–water partition coefficient (Wildman–Crippen LogP) is 4.21. The van der Waals surface area contributed by atoms with Crippen molar-refractivity contribution >= 4 is 5.91 Å². The van der Waals surface area contributed by atoms with Crippen molar-refractivity contribution in [2.45, 2.75) is 25.5 Å². The van der Waals surface area contributed by atoms with Gasteiger partial charge in [0.1, 0.15) is 18.2 Å². The summed E-state index contributed by atoms with van der Waals surface area (Å²) in [6.45, 7) is 5.54. The number of benzene rings is 2. The van der Waals surface area contributed by atoms with Crippen LogP contribution in [0.3, 0.4) is 0 Å². The third kappa shape index (κ3) is 5.17. The Balaban J connectivity index is 1.64. The van der Waals surface area contributed by atoms with Crippen LogP contribution in [-0.4, -0.2) is 36.7 Å². The Hall–Kier alpha value is -2.66. The summed E-state index contributed by atoms with van der Waals surface area (Å²) >= 11 is 0. The molecule has 2 aromatic carbocycles. The number of hydrogen-bond donors (Lipinski definition) is 0. The van der Waals surface area contributed by atoms with E-state index in [0.29, 0.717) is 30.0 Å². The zero-order valence-corrected chi connectivity index (χ0v) is 15.3. The number of nitrogens with zero attached hydrogens (tertiary/aromatic N) is 1. The lowest BCUT2D eigenvalue weighted by atomic mass is 10.1. The normalized spacial score (nSPS) is 16.1. The van der Waals surface area contributed by atoms with Gasteiger partial charge in [0.15, 0.2) is 0 Å². The molecule has 4 nitrogen and oxygen atoms in total. The van der Waals surface area contributed by atoms with Crippen molar-refractivity contribution in [3.05, 3.63) is 78.1 Å². The van der Waals surface area contributed by atoms with E-state index in [1.54, 1.807) is 53.4 Å². The largest absolute Gasteiger partial charge is 0.491 e. The fourth-order valence-corrected chi connectivity index (χ4v) is 3.05. The molecule has 1 saturated heterocycles. The van der Waals surface area contributed by atoms with Gasteiger partial charge in [-0.15, -0.1) is 6.58 Å². The summed E-state index contributed by atoms with van der Waals surface area (Å²) in [4.78, 5) is 14.4. The first-order chi connectivity index (χ1) is 13.2. The summed E-state index contributed by atoms with van der Waals surface area (Å²) < 4.78 is 25.2. The molecule has 1 unspecified atom stereocenters. The molecule has 0 spiro atoms. The number of carbonyl (C=O) groups excluding carboxylic acids is 1. The molecule has 27 heavy (non-hydrogen) atoms. The maximum atomic E-state index is 13.9. The summed E-state index contributed by atoms with van der Waals surface area (Å²) in [5.41, 5.74) is 1.00. The molecule has 0 N–H and O–H groups in total. The van der Waals surface area contributed by atoms with Crippen LogP contribution in [0.25, 0.3) is 0 Å². The van der Waals surface area contributed by atoms with E-state index in [2.05, 4.69) is 6.58 Å². The Bertz CT molecular complexity index is 769. The number of halogens is 1. The minimum atomic E-state index is -0.322. The molecular weight excluding hydrogens is 345 g/mol. The van der Waals surface area contributed by atoms with Gasteiger partial charge in [-0.3, -0.25) is 4.79 Å². The molecule has 0 saturated carbocycles. The molecule has 1 heterocycles. The van der Waals surface area contributed by atoms with E-state index in [-0.39, 0.29) is 24.4 Å². The maximum absolute atomic E-state index is 13.9. The lowest BCUT2D eigenvalue weighted by Crippen LogP contribution is -2.31. The van der Waals surface area contributed by atoms with Crippen LogP contribution >= 0.6 is 0 Å². The van der Waals surface area contributed by atoms with Crippen molar-refractivity contribution in [1.29, 1.82) is 0 Å². The molecule has 0 bridgehead atoms. The van der Waals surface area contributed by atoms with Crippen LogP contribution in [0.2, 0.25) is 0 Å². The number of ether oxygens (including phenoxy) is 2. The Morgan fingerprint density at radius 2 is 2.04 bits per heavy atom. The molecule has 142 valence electrons. The van der Waals surface area contributed by atoms with Crippen LogP contribution in [0.15, 0.2) is 61.2 Å². The van der Waals surface area contributed by atoms with Crippen molar-refractivity contribution in [3.8, 4) is 5.75 Å². The molecule has 0 aromatic heterocycles. The minimum absolute atomic E-state index is 0.148. The fourth-order valence-electron chi connectivity index (χ4n) is 3.05. The number of hydrogen-bond acceptors (Lipinski definition) is 3. The first-order valence-corrected chi connectivity index (χ1v) is 9.15. The molecule has 0 aliphatic carbocycles. The SMILES string of the molecule is C=CCN(Cc1ccccc1F)C(=O)c1ccc(OCC2CCCO2)cc1. The van der Waals surface area contributed by atoms with E-state index in [0.717, 1.165) is 19.4 Å². The Labute approximate surface area is 159 Å². The number of amides is 1. The summed E-state index contributed by atoms with van der Waals surface area (Å²) in [6.07, 6.45) is 3.87. The first-order valence-electron chi connectivity index (χ1n) is 9.15. The Morgan fingerprint density at radius 3 is 2.70 bits per heavy atom. The number of rotatable bonds is 8. The van der Waals surface area contributed by atoms with E-state index in [4.69, 9.17) is 9.47 Å². The molecule has 1 aliphatic rings. The van der Waals surface area contributed by atoms with E-state index in [1.165, 1.54) is 6.07 Å². The topological polar surface area (TPSA) is 38.8 Å². The van der Waals surface area contributed by atoms with E-state index in [9.17, 15) is 9.18 Å². The van der Waals surface area contributed by atoms with E-state index in [1.807, 2.05) is 0 Å². The van der Waals surface area contributed by atoms with Gasteiger partial charge < -0.3 is 14.4 Å². The summed E-state index contributed by atoms with van der Waals surface area (Å²) in [7, 11) is 0. The van der Waals surface area contributed by atoms with Gasteiger partial charge in [0.05, 0.1) is 6.10 Å². The first kappa shape index (κ1) is 19.1. The zero-order chi connectivity index (χ0) is 19.1. The average molecular weight is 369 g/mol. The van der Waals surface area contributed by atoms with Crippen LogP contribution in [-0.2, 0) is 11.3 Å². The van der Waals surface area contributed by atoms with E-state index >= 15 is 0 Å². The second-order valence-corrected chi connectivity index (χ2v) is 6.54. The quantitative estimate of drug-likeness (QED) is 0.654. The Morgan fingerprint density at radius 1 is 1.26 bits per heavy atom. The van der Waals surface area contributed by atoms with Gasteiger partial charge in [0, 0.05) is 30.8 Å². The summed E-state index contributed by atoms with van der Waals surface area (Å²) in [5, 5.41) is 0. The number of carbonyl (C=O) groups is 1. The van der Waals surface area contributed by atoms with Gasteiger partial charge in [-0.05, 0) is 43.2 Å². The fraction of sp³-hybridized carbons (Fsp3) is 0.318. The molecule has 1 amide bonds. The van der Waals surface area contributed by atoms with Gasteiger partial charge in [0.25, 0.3) is 5.91 Å². The zero-order valence-electron chi connectivity index (χ0n) is 15.3. The molecular formula is C22H24FNO3. The highest BCUT2D eigenvalue weighted by Crippen LogP contribution is 2.18. The van der Waals surface area contributed by atoms with Crippen molar-refractivity contribution in [1.82, 2.24) is 4.90 Å². The van der Waals surface area contributed by atoms with Crippen LogP contribution in [0, 0.1) is 5.82 Å². The van der Waals surface area contributed by atoms with Crippen molar-refractivity contribution < 1.29 is 18.7 Å². The summed E-state index contributed by atoms with van der Waals surface area (Å²) in [5.74, 6) is 0.201. The smallest absolute Gasteiger partial charge is 0.254 e. The third-order valence-corrected chi connectivity index (χ3v) is 4.52. The van der Waals surface area contributed by atoms with Crippen LogP contribution in [0.4, 0.5) is 4.39 Å². The Kier molecular flexibility index (Phi) is 6.60. The maximum Gasteiger partial charge on any atom is 0.254 e. The van der Waals surface area contributed by atoms with Crippen molar-refractivity contribution in [3.63, 3.8) is 0 Å². The molecule has 2 aromatic rings. The van der Waals surface area contributed by atoms with Gasteiger partial charge in [0.2, 0.25) is 0 Å². The molecule has 1 aliphatic heterocycles. The highest BCUT2D eigenvalue weighted by Gasteiger charge is 2.18. The van der Waals surface area contributed by atoms with E-state index < -0.39 is 0 Å². The van der Waals surface area contributed by atoms with Crippen molar-refractivity contribution in [2.24, 2.45) is 0 Å². The van der Waals surface area contributed by atoms with Crippen LogP contribution in [0.1, 0.15) is 28.8 Å². The lowest BCUT2D eigenvalue weighted by molar-refractivity contribution is 0.0678. The van der Waals surface area contributed by atoms with Crippen molar-refractivity contribution in [2.75, 3.05) is 19.8 Å². The third-order valence-electron chi connectivity index (χ3n) is 4.52. The highest BCUT2D eigenvalue weighted by molar-refractivity contribution is 5.94. The second kappa shape index (κ2) is 9.33. The molecule has 0 radical (unpaired) electrons. The van der Waals surface area contributed by atoms with Gasteiger partial charge in [-0.25, -0.2) is 4.39 Å². The van der Waals surface area contributed by atoms with Gasteiger partial charge in [-0.1, -0.05) is 24.3 Å². The van der Waals surface area contributed by atoms with Gasteiger partial charge >= 0.3 is 0 Å². The molecule has 1 atom stereocenters. The average Bonchev–Trinajstić information content (AvgIpc) is 3.21. The molecule has 3 rings (SSSR count). The molecule has 1 fully saturated rings. The second-order valence-electron chi connectivity index (χ2n) is 6.54. The van der Waals surface area contributed by atoms with Crippen LogP contribution in [0.5, 0.6) is 5.75 Å². The minimum Gasteiger partial charge on any atom is -0.491 e. The monoisotopic (exact) mass is 369 g/mol. The lowest BCUT2D eigenvalue weighted by Gasteiger charge is -2.22.